The predicted octanol–water partition coefficient (Wildman–Crippen LogP) is -2.68. The Kier molecular flexibility index (Phi) is 4.07. The topological polar surface area (TPSA) is 116 Å². The first kappa shape index (κ1) is 16.6. The Morgan fingerprint density at radius 2 is 2.17 bits per heavy atom. The number of aromatic nitrogens is 2. The van der Waals surface area contributed by atoms with E-state index in [0.29, 0.717) is 21.8 Å². The summed E-state index contributed by atoms with van der Waals surface area (Å²) in [4.78, 5) is 21.9. The molecule has 2 aliphatic heterocycles. The fourth-order valence-corrected chi connectivity index (χ4v) is 3.21. The first-order valence-electron chi connectivity index (χ1n) is 6.39. The Balaban J connectivity index is 0.00000156. The van der Waals surface area contributed by atoms with Crippen LogP contribution >= 0.6 is 0 Å². The second-order valence-electron chi connectivity index (χ2n) is 5.08. The molecule has 2 amide bonds. The number of fused-ring (bicyclic) bond motifs is 5. The third-order valence-electron chi connectivity index (χ3n) is 3.74. The van der Waals surface area contributed by atoms with Crippen LogP contribution in [0.15, 0.2) is 24.5 Å². The van der Waals surface area contributed by atoms with Gasteiger partial charge in [-0.05, 0) is 12.1 Å². The number of amides is 2. The zero-order chi connectivity index (χ0) is 15.5. The van der Waals surface area contributed by atoms with Gasteiger partial charge in [0.1, 0.15) is 6.04 Å². The number of carbonyl (C=O) groups is 1. The van der Waals surface area contributed by atoms with E-state index in [9.17, 15) is 17.8 Å². The number of carbonyl (C=O) groups excluding carboxylic acids is 1. The van der Waals surface area contributed by atoms with Gasteiger partial charge in [0.2, 0.25) is 10.4 Å². The molecule has 1 fully saturated rings. The SMILES string of the molecule is O=C1N2Cc3nc4cnccc4cc3C(C2)N1OS(=O)(=O)[O-].[Na+]. The average Bonchev–Trinajstić information content (AvgIpc) is 2.70. The summed E-state index contributed by atoms with van der Waals surface area (Å²) in [5, 5.41) is 1.43. The molecule has 2 aromatic rings. The summed E-state index contributed by atoms with van der Waals surface area (Å²) < 4.78 is 36.8. The zero-order valence-corrected chi connectivity index (χ0v) is 14.9. The van der Waals surface area contributed by atoms with Crippen LogP contribution in [0.3, 0.4) is 0 Å². The zero-order valence-electron chi connectivity index (χ0n) is 12.0. The molecule has 1 unspecified atom stereocenters. The molecule has 0 saturated carbocycles. The Labute approximate surface area is 153 Å². The van der Waals surface area contributed by atoms with E-state index in [1.54, 1.807) is 18.5 Å². The molecule has 4 heterocycles. The molecule has 2 aromatic heterocycles. The number of nitrogens with zero attached hydrogens (tertiary/aromatic N) is 4. The van der Waals surface area contributed by atoms with E-state index < -0.39 is 22.5 Å². The standard InChI is InChI=1S/C12H10N4O5S.Na/c17-12-15-5-10-8(3-7-1-2-13-4-9(7)14-10)11(6-15)16(12)21-22(18,19)20;/h1-4,11H,5-6H2,(H,18,19,20);/q;+1/p-1. The van der Waals surface area contributed by atoms with Gasteiger partial charge in [-0.3, -0.25) is 4.98 Å². The van der Waals surface area contributed by atoms with Gasteiger partial charge < -0.3 is 9.45 Å². The summed E-state index contributed by atoms with van der Waals surface area (Å²) in [7, 11) is -5.03. The van der Waals surface area contributed by atoms with Gasteiger partial charge in [-0.1, -0.05) is 0 Å². The average molecular weight is 344 g/mol. The molecule has 0 aliphatic carbocycles. The van der Waals surface area contributed by atoms with E-state index in [-0.39, 0.29) is 42.6 Å². The van der Waals surface area contributed by atoms with Crippen molar-refractivity contribution in [1.82, 2.24) is 19.9 Å². The Bertz CT molecular complexity index is 905. The van der Waals surface area contributed by atoms with Crippen molar-refractivity contribution in [3.63, 3.8) is 0 Å². The van der Waals surface area contributed by atoms with Crippen molar-refractivity contribution < 1.29 is 51.6 Å². The van der Waals surface area contributed by atoms with Crippen LogP contribution < -0.4 is 29.6 Å². The van der Waals surface area contributed by atoms with Crippen molar-refractivity contribution in [3.8, 4) is 0 Å². The Morgan fingerprint density at radius 1 is 1.39 bits per heavy atom. The molecular weight excluding hydrogens is 335 g/mol. The molecule has 9 nitrogen and oxygen atoms in total. The molecule has 0 radical (unpaired) electrons. The van der Waals surface area contributed by atoms with Crippen molar-refractivity contribution >= 4 is 27.3 Å². The molecule has 0 N–H and O–H groups in total. The van der Waals surface area contributed by atoms with Crippen LogP contribution in [0.1, 0.15) is 17.3 Å². The maximum Gasteiger partial charge on any atom is 1.00 e. The smallest absolute Gasteiger partial charge is 0.724 e. The Morgan fingerprint density at radius 3 is 2.91 bits per heavy atom. The van der Waals surface area contributed by atoms with Gasteiger partial charge in [0.25, 0.3) is 0 Å². The number of hydrogen-bond acceptors (Lipinski definition) is 7. The molecule has 0 spiro atoms. The minimum Gasteiger partial charge on any atom is -0.724 e. The van der Waals surface area contributed by atoms with Crippen LogP contribution in [-0.4, -0.2) is 45.5 Å². The van der Waals surface area contributed by atoms with Crippen LogP contribution in [0, 0.1) is 0 Å². The predicted molar refractivity (Wildman–Crippen MR) is 70.7 cm³/mol. The quantitative estimate of drug-likeness (QED) is 0.331. The minimum atomic E-state index is -5.03. The molecule has 4 rings (SSSR count). The van der Waals surface area contributed by atoms with E-state index in [1.165, 1.54) is 4.90 Å². The maximum atomic E-state index is 12.1. The van der Waals surface area contributed by atoms with Crippen molar-refractivity contribution in [3.05, 3.63) is 35.8 Å². The van der Waals surface area contributed by atoms with Gasteiger partial charge in [-0.2, -0.15) is 9.35 Å². The molecule has 114 valence electrons. The van der Waals surface area contributed by atoms with Crippen LogP contribution in [0.25, 0.3) is 10.9 Å². The minimum absolute atomic E-state index is 0. The van der Waals surface area contributed by atoms with Gasteiger partial charge in [-0.25, -0.2) is 18.2 Å². The van der Waals surface area contributed by atoms with Gasteiger partial charge >= 0.3 is 35.6 Å². The second-order valence-corrected chi connectivity index (χ2v) is 6.05. The third-order valence-corrected chi connectivity index (χ3v) is 4.08. The summed E-state index contributed by atoms with van der Waals surface area (Å²) >= 11 is 0. The largest absolute Gasteiger partial charge is 1.00 e. The normalized spacial score (nSPS) is 19.7. The van der Waals surface area contributed by atoms with E-state index in [1.807, 2.05) is 6.07 Å². The van der Waals surface area contributed by atoms with E-state index >= 15 is 0 Å². The molecular formula is C12H9N4NaO5S. The third kappa shape index (κ3) is 2.82. The van der Waals surface area contributed by atoms with Crippen molar-refractivity contribution in [1.29, 1.82) is 0 Å². The van der Waals surface area contributed by atoms with Gasteiger partial charge in [-0.15, -0.1) is 0 Å². The number of urea groups is 1. The molecule has 0 aromatic carbocycles. The molecule has 2 bridgehead atoms. The van der Waals surface area contributed by atoms with Crippen LogP contribution in [0.5, 0.6) is 0 Å². The van der Waals surface area contributed by atoms with E-state index in [4.69, 9.17) is 0 Å². The fraction of sp³-hybridized carbons (Fsp3) is 0.250. The second kappa shape index (κ2) is 5.65. The van der Waals surface area contributed by atoms with Gasteiger partial charge in [0, 0.05) is 17.1 Å². The Hall–Kier alpha value is -1.30. The number of hydroxylamine groups is 2. The van der Waals surface area contributed by atoms with Crippen LogP contribution in [-0.2, 0) is 21.2 Å². The fourth-order valence-electron chi connectivity index (χ4n) is 2.84. The first-order valence-corrected chi connectivity index (χ1v) is 7.73. The summed E-state index contributed by atoms with van der Waals surface area (Å²) in [6, 6.07) is 2.24. The summed E-state index contributed by atoms with van der Waals surface area (Å²) in [6.45, 7) is 0.480. The van der Waals surface area contributed by atoms with Gasteiger partial charge in [0.15, 0.2) is 0 Å². The number of hydrogen-bond donors (Lipinski definition) is 0. The van der Waals surface area contributed by atoms with Gasteiger partial charge in [0.05, 0.1) is 30.5 Å². The van der Waals surface area contributed by atoms with E-state index in [2.05, 4.69) is 14.3 Å². The molecule has 23 heavy (non-hydrogen) atoms. The molecule has 2 aliphatic rings. The number of pyridine rings is 2. The maximum absolute atomic E-state index is 12.1. The molecule has 1 saturated heterocycles. The van der Waals surface area contributed by atoms with Crippen LogP contribution in [0.2, 0.25) is 0 Å². The summed E-state index contributed by atoms with van der Waals surface area (Å²) in [5.74, 6) is 0. The van der Waals surface area contributed by atoms with Crippen molar-refractivity contribution in [2.24, 2.45) is 0 Å². The summed E-state index contributed by atoms with van der Waals surface area (Å²) in [5.41, 5.74) is 1.99. The first-order chi connectivity index (χ1) is 10.4. The molecule has 11 heteroatoms. The van der Waals surface area contributed by atoms with E-state index in [0.717, 1.165) is 5.39 Å². The number of rotatable bonds is 2. The summed E-state index contributed by atoms with van der Waals surface area (Å²) in [6.07, 6.45) is 3.22. The van der Waals surface area contributed by atoms with Crippen LogP contribution in [0.4, 0.5) is 4.79 Å². The van der Waals surface area contributed by atoms with Crippen molar-refractivity contribution in [2.75, 3.05) is 6.54 Å². The molecule has 1 atom stereocenters. The van der Waals surface area contributed by atoms with Crippen molar-refractivity contribution in [2.45, 2.75) is 12.6 Å². The monoisotopic (exact) mass is 344 g/mol.